The molecule has 0 aliphatic carbocycles. The van der Waals surface area contributed by atoms with E-state index in [0.29, 0.717) is 32.9 Å². The van der Waals surface area contributed by atoms with Crippen LogP contribution in [0.5, 0.6) is 5.75 Å². The van der Waals surface area contributed by atoms with Crippen molar-refractivity contribution in [1.29, 1.82) is 0 Å². The van der Waals surface area contributed by atoms with Gasteiger partial charge in [0.25, 0.3) is 5.56 Å². The summed E-state index contributed by atoms with van der Waals surface area (Å²) < 4.78 is 14.4. The number of hydrogen-bond donors (Lipinski definition) is 0. The lowest BCUT2D eigenvalue weighted by Crippen LogP contribution is -2.20. The van der Waals surface area contributed by atoms with E-state index >= 15 is 0 Å². The second kappa shape index (κ2) is 9.80. The van der Waals surface area contributed by atoms with Gasteiger partial charge in [-0.05, 0) is 71.1 Å². The molecule has 2 heterocycles. The summed E-state index contributed by atoms with van der Waals surface area (Å²) in [6.07, 6.45) is 1.53. The molecule has 0 aliphatic rings. The van der Waals surface area contributed by atoms with Crippen LogP contribution >= 0.6 is 38.5 Å². The van der Waals surface area contributed by atoms with Crippen molar-refractivity contribution in [3.63, 3.8) is 0 Å². The minimum atomic E-state index is -0.244. The first-order chi connectivity index (χ1) is 15.8. The zero-order valence-electron chi connectivity index (χ0n) is 18.7. The van der Waals surface area contributed by atoms with Gasteiger partial charge in [-0.15, -0.1) is 0 Å². The van der Waals surface area contributed by atoms with Gasteiger partial charge >= 0.3 is 0 Å². The normalized spacial score (nSPS) is 11.7. The van der Waals surface area contributed by atoms with Crippen LogP contribution in [0.2, 0.25) is 0 Å². The average Bonchev–Trinajstić information content (AvgIpc) is 3.10. The van der Waals surface area contributed by atoms with Gasteiger partial charge < -0.3 is 9.15 Å². The highest BCUT2D eigenvalue weighted by molar-refractivity contribution is 14.1. The van der Waals surface area contributed by atoms with Crippen LogP contribution in [0.25, 0.3) is 22.3 Å². The molecule has 0 amide bonds. The average molecular weight is 620 g/mol. The number of aromatic nitrogens is 2. The van der Waals surface area contributed by atoms with E-state index in [0.717, 1.165) is 26.9 Å². The molecule has 0 spiro atoms. The number of halogens is 2. The molecule has 0 fully saturated rings. The Kier molecular flexibility index (Phi) is 7.04. The second-order valence-electron chi connectivity index (χ2n) is 7.88. The van der Waals surface area contributed by atoms with Crippen LogP contribution in [-0.4, -0.2) is 22.5 Å². The van der Waals surface area contributed by atoms with Gasteiger partial charge in [-0.2, -0.15) is 9.78 Å². The smallest absolute Gasteiger partial charge is 0.282 e. The lowest BCUT2D eigenvalue weighted by atomic mass is 9.96. The Morgan fingerprint density at radius 3 is 2.70 bits per heavy atom. The Hall–Kier alpha value is -2.46. The van der Waals surface area contributed by atoms with Gasteiger partial charge in [0.2, 0.25) is 0 Å². The largest absolute Gasteiger partial charge is 0.494 e. The summed E-state index contributed by atoms with van der Waals surface area (Å²) >= 11 is 5.52. The summed E-state index contributed by atoms with van der Waals surface area (Å²) in [6, 6.07) is 13.2. The molecule has 4 rings (SSSR count). The first-order valence-corrected chi connectivity index (χ1v) is 12.5. The molecular weight excluding hydrogens is 597 g/mol. The van der Waals surface area contributed by atoms with Crippen LogP contribution in [0.3, 0.4) is 0 Å². The lowest BCUT2D eigenvalue weighted by molar-refractivity contribution is 0.335. The number of para-hydroxylation sites is 1. The highest BCUT2D eigenvalue weighted by Gasteiger charge is 2.18. The molecule has 0 unspecified atom stereocenters. The summed E-state index contributed by atoms with van der Waals surface area (Å²) in [5.41, 5.74) is 3.21. The molecule has 0 aliphatic heterocycles. The van der Waals surface area contributed by atoms with Gasteiger partial charge in [0.1, 0.15) is 11.5 Å². The monoisotopic (exact) mass is 619 g/mol. The Morgan fingerprint density at radius 2 is 2.03 bits per heavy atom. The number of furan rings is 1. The van der Waals surface area contributed by atoms with Gasteiger partial charge in [-0.3, -0.25) is 4.79 Å². The molecule has 170 valence electrons. The maximum atomic E-state index is 13.5. The van der Waals surface area contributed by atoms with Crippen molar-refractivity contribution < 1.29 is 9.15 Å². The standard InChI is InChI=1S/C25H23BrIN3O3/c1-5-32-22-10-15(4)19(12-18(22)14(2)3)24-29-21-9-7-6-8-17(21)25(31)30(24)28-13-16-11-20(26)23(27)33-16/h6-14H,5H2,1-4H3. The van der Waals surface area contributed by atoms with E-state index in [4.69, 9.17) is 14.1 Å². The molecule has 8 heteroatoms. The van der Waals surface area contributed by atoms with E-state index < -0.39 is 0 Å². The van der Waals surface area contributed by atoms with Crippen molar-refractivity contribution in [2.75, 3.05) is 6.61 Å². The lowest BCUT2D eigenvalue weighted by Gasteiger charge is -2.18. The molecule has 4 aromatic rings. The summed E-state index contributed by atoms with van der Waals surface area (Å²) in [5, 5.41) is 5.00. The molecule has 6 nitrogen and oxygen atoms in total. The fourth-order valence-corrected chi connectivity index (χ4v) is 4.33. The van der Waals surface area contributed by atoms with Crippen molar-refractivity contribution in [2.45, 2.75) is 33.6 Å². The van der Waals surface area contributed by atoms with E-state index in [1.807, 2.05) is 44.2 Å². The third kappa shape index (κ3) is 4.77. The van der Waals surface area contributed by atoms with E-state index in [1.54, 1.807) is 6.07 Å². The minimum Gasteiger partial charge on any atom is -0.494 e. The number of aryl methyl sites for hydroxylation is 1. The van der Waals surface area contributed by atoms with Crippen molar-refractivity contribution in [1.82, 2.24) is 9.66 Å². The van der Waals surface area contributed by atoms with Crippen LogP contribution in [0.4, 0.5) is 0 Å². The number of nitrogens with zero attached hydrogens (tertiary/aromatic N) is 3. The Labute approximate surface area is 213 Å². The van der Waals surface area contributed by atoms with Gasteiger partial charge in [0.05, 0.1) is 28.2 Å². The Balaban J connectivity index is 1.98. The van der Waals surface area contributed by atoms with Crippen LogP contribution in [0.1, 0.15) is 43.6 Å². The molecule has 0 radical (unpaired) electrons. The van der Waals surface area contributed by atoms with Crippen molar-refractivity contribution in [2.24, 2.45) is 5.10 Å². The maximum Gasteiger partial charge on any atom is 0.282 e. The number of benzene rings is 2. The fourth-order valence-electron chi connectivity index (χ4n) is 3.62. The van der Waals surface area contributed by atoms with Crippen LogP contribution in [0, 0.1) is 10.7 Å². The van der Waals surface area contributed by atoms with Crippen LogP contribution in [-0.2, 0) is 0 Å². The third-order valence-electron chi connectivity index (χ3n) is 5.24. The first kappa shape index (κ1) is 23.7. The molecule has 0 N–H and O–H groups in total. The molecule has 0 bridgehead atoms. The highest BCUT2D eigenvalue weighted by Crippen LogP contribution is 2.34. The van der Waals surface area contributed by atoms with E-state index in [9.17, 15) is 4.79 Å². The zero-order valence-corrected chi connectivity index (χ0v) is 22.5. The van der Waals surface area contributed by atoms with Crippen molar-refractivity contribution >= 4 is 55.6 Å². The maximum absolute atomic E-state index is 13.5. The van der Waals surface area contributed by atoms with Crippen LogP contribution < -0.4 is 10.3 Å². The predicted octanol–water partition coefficient (Wildman–Crippen LogP) is 6.74. The molecule has 2 aromatic carbocycles. The number of ether oxygens (including phenoxy) is 1. The molecule has 0 saturated carbocycles. The Bertz CT molecular complexity index is 1400. The van der Waals surface area contributed by atoms with Crippen molar-refractivity contribution in [3.8, 4) is 17.1 Å². The van der Waals surface area contributed by atoms with E-state index in [1.165, 1.54) is 10.9 Å². The minimum absolute atomic E-state index is 0.234. The van der Waals surface area contributed by atoms with Crippen molar-refractivity contribution in [3.05, 3.63) is 77.9 Å². The van der Waals surface area contributed by atoms with Gasteiger partial charge in [0, 0.05) is 34.2 Å². The topological polar surface area (TPSA) is 69.6 Å². The number of hydrogen-bond acceptors (Lipinski definition) is 5. The molecule has 0 saturated heterocycles. The predicted molar refractivity (Wildman–Crippen MR) is 144 cm³/mol. The molecule has 33 heavy (non-hydrogen) atoms. The first-order valence-electron chi connectivity index (χ1n) is 10.6. The highest BCUT2D eigenvalue weighted by atomic mass is 127. The molecule has 2 aromatic heterocycles. The summed E-state index contributed by atoms with van der Waals surface area (Å²) in [7, 11) is 0. The van der Waals surface area contributed by atoms with Gasteiger partial charge in [-0.1, -0.05) is 26.0 Å². The second-order valence-corrected chi connectivity index (χ2v) is 9.71. The van der Waals surface area contributed by atoms with E-state index in [2.05, 4.69) is 63.5 Å². The summed E-state index contributed by atoms with van der Waals surface area (Å²) in [5.74, 6) is 2.08. The third-order valence-corrected chi connectivity index (χ3v) is 7.37. The SMILES string of the molecule is CCOc1cc(C)c(-c2nc3ccccc3c(=O)n2N=Cc2cc(Br)c(I)o2)cc1C(C)C. The quantitative estimate of drug-likeness (QED) is 0.177. The van der Waals surface area contributed by atoms with E-state index in [-0.39, 0.29) is 11.5 Å². The van der Waals surface area contributed by atoms with Gasteiger partial charge in [-0.25, -0.2) is 4.98 Å². The fraction of sp³-hybridized carbons (Fsp3) is 0.240. The Morgan fingerprint density at radius 1 is 1.27 bits per heavy atom. The zero-order chi connectivity index (χ0) is 23.7. The molecular formula is C25H23BrIN3O3. The molecule has 0 atom stereocenters. The number of fused-ring (bicyclic) bond motifs is 1. The summed E-state index contributed by atoms with van der Waals surface area (Å²) in [4.78, 5) is 18.3. The summed E-state index contributed by atoms with van der Waals surface area (Å²) in [6.45, 7) is 8.78. The number of rotatable bonds is 6. The van der Waals surface area contributed by atoms with Crippen LogP contribution in [0.15, 0.2) is 61.3 Å². The van der Waals surface area contributed by atoms with Gasteiger partial charge in [0.15, 0.2) is 9.59 Å².